The van der Waals surface area contributed by atoms with Crippen LogP contribution in [0.25, 0.3) is 21.0 Å². The van der Waals surface area contributed by atoms with Gasteiger partial charge >= 0.3 is 6.18 Å². The van der Waals surface area contributed by atoms with Gasteiger partial charge in [0, 0.05) is 11.1 Å². The zero-order valence-electron chi connectivity index (χ0n) is 16.8. The molecule has 172 valence electrons. The van der Waals surface area contributed by atoms with Crippen LogP contribution >= 0.6 is 11.3 Å². The van der Waals surface area contributed by atoms with E-state index in [1.807, 2.05) is 0 Å². The van der Waals surface area contributed by atoms with Gasteiger partial charge in [-0.15, -0.1) is 11.3 Å². The normalized spacial score (nSPS) is 12.7. The predicted octanol–water partition coefficient (Wildman–Crippen LogP) is 4.94. The van der Waals surface area contributed by atoms with Crippen molar-refractivity contribution < 1.29 is 30.0 Å². The molecule has 0 fully saturated rings. The molecule has 33 heavy (non-hydrogen) atoms. The molecule has 0 radical (unpaired) electrons. The molecule has 0 unspecified atom stereocenters. The van der Waals surface area contributed by atoms with Crippen molar-refractivity contribution >= 4 is 31.2 Å². The average Bonchev–Trinajstić information content (AvgIpc) is 3.41. The maximum Gasteiger partial charge on any atom is 0.435 e. The van der Waals surface area contributed by atoms with Crippen LogP contribution in [0.1, 0.15) is 5.69 Å². The lowest BCUT2D eigenvalue weighted by atomic mass is 10.2. The van der Waals surface area contributed by atoms with E-state index in [9.17, 15) is 30.0 Å². The molecule has 0 spiro atoms. The molecule has 6 nitrogen and oxygen atoms in total. The van der Waals surface area contributed by atoms with Gasteiger partial charge in [0.05, 0.1) is 20.4 Å². The number of sulfone groups is 1. The minimum Gasteiger partial charge on any atom is -0.224 e. The third-order valence-electron chi connectivity index (χ3n) is 4.64. The minimum absolute atomic E-state index is 0.0889. The number of hydrogen-bond acceptors (Lipinski definition) is 6. The van der Waals surface area contributed by atoms with E-state index in [1.54, 1.807) is 24.3 Å². The molecule has 2 aromatic carbocycles. The van der Waals surface area contributed by atoms with E-state index in [1.165, 1.54) is 42.5 Å². The molecular formula is C21H15F3N2O4S3. The molecule has 0 bridgehead atoms. The van der Waals surface area contributed by atoms with Crippen LogP contribution in [0.15, 0.2) is 82.6 Å². The van der Waals surface area contributed by atoms with Crippen LogP contribution in [0.2, 0.25) is 0 Å². The lowest BCUT2D eigenvalue weighted by Gasteiger charge is -2.08. The molecule has 0 saturated carbocycles. The second-order valence-corrected chi connectivity index (χ2v) is 11.9. The summed E-state index contributed by atoms with van der Waals surface area (Å²) in [7, 11) is -7.87. The Morgan fingerprint density at radius 2 is 1.45 bits per heavy atom. The Hall–Kier alpha value is -2.96. The number of aromatic nitrogens is 2. The van der Waals surface area contributed by atoms with E-state index < -0.39 is 31.7 Å². The zero-order chi connectivity index (χ0) is 24.0. The molecular weight excluding hydrogens is 497 g/mol. The molecule has 0 aliphatic rings. The van der Waals surface area contributed by atoms with Crippen molar-refractivity contribution in [2.45, 2.75) is 16.0 Å². The maximum absolute atomic E-state index is 13.4. The van der Waals surface area contributed by atoms with E-state index in [-0.39, 0.29) is 20.4 Å². The fraction of sp³-hybridized carbons (Fsp3) is 0.0952. The van der Waals surface area contributed by atoms with Gasteiger partial charge in [0.15, 0.2) is 15.5 Å². The molecule has 0 aliphatic heterocycles. The van der Waals surface area contributed by atoms with E-state index in [0.717, 1.165) is 17.6 Å². The van der Waals surface area contributed by atoms with Gasteiger partial charge in [-0.25, -0.2) is 8.42 Å². The molecule has 0 N–H and O–H groups in total. The summed E-state index contributed by atoms with van der Waals surface area (Å²) in [6.45, 7) is 0. The van der Waals surface area contributed by atoms with Crippen LogP contribution in [-0.4, -0.2) is 32.3 Å². The van der Waals surface area contributed by atoms with Gasteiger partial charge in [-0.2, -0.15) is 30.8 Å². The summed E-state index contributed by atoms with van der Waals surface area (Å²) in [5.74, 6) is 0. The van der Waals surface area contributed by atoms with Gasteiger partial charge in [0.1, 0.15) is 0 Å². The molecule has 0 saturated heterocycles. The summed E-state index contributed by atoms with van der Waals surface area (Å²) in [5, 5.41) is 3.37. The second kappa shape index (κ2) is 8.12. The Bertz CT molecular complexity index is 1540. The number of rotatable bonds is 5. The van der Waals surface area contributed by atoms with Crippen molar-refractivity contribution in [3.8, 4) is 21.0 Å². The molecule has 0 atom stereocenters. The van der Waals surface area contributed by atoms with Crippen LogP contribution in [0.3, 0.4) is 0 Å². The van der Waals surface area contributed by atoms with Gasteiger partial charge in [-0.05, 0) is 48.0 Å². The molecule has 0 aliphatic carbocycles. The Kier molecular flexibility index (Phi) is 5.71. The van der Waals surface area contributed by atoms with Crippen molar-refractivity contribution in [3.63, 3.8) is 0 Å². The summed E-state index contributed by atoms with van der Waals surface area (Å²) in [6.07, 6.45) is -3.78. The number of hydrogen-bond donors (Lipinski definition) is 0. The predicted molar refractivity (Wildman–Crippen MR) is 118 cm³/mol. The highest BCUT2D eigenvalue weighted by Gasteiger charge is 2.37. The van der Waals surface area contributed by atoms with Gasteiger partial charge in [-0.3, -0.25) is 0 Å². The first kappa shape index (κ1) is 23.2. The second-order valence-electron chi connectivity index (χ2n) is 7.04. The fourth-order valence-corrected chi connectivity index (χ4v) is 6.09. The number of halogens is 3. The van der Waals surface area contributed by atoms with Crippen molar-refractivity contribution in [1.29, 1.82) is 0 Å². The quantitative estimate of drug-likeness (QED) is 0.378. The smallest absolute Gasteiger partial charge is 0.224 e. The minimum atomic E-state index is -4.85. The van der Waals surface area contributed by atoms with Gasteiger partial charge in [0.25, 0.3) is 10.0 Å². The lowest BCUT2D eigenvalue weighted by molar-refractivity contribution is -0.141. The first-order valence-corrected chi connectivity index (χ1v) is 13.4. The highest BCUT2D eigenvalue weighted by atomic mass is 32.2. The van der Waals surface area contributed by atoms with Crippen LogP contribution in [-0.2, 0) is 26.0 Å². The highest BCUT2D eigenvalue weighted by Crippen LogP contribution is 2.39. The summed E-state index contributed by atoms with van der Waals surface area (Å²) in [6, 6.07) is 16.9. The topological polar surface area (TPSA) is 86.1 Å². The molecule has 12 heteroatoms. The Balaban J connectivity index is 1.86. The first-order chi connectivity index (χ1) is 15.4. The molecule has 4 aromatic rings. The SMILES string of the molecule is CS(=O)(=O)c1cccc(-c2ccc(-c3cc(C(F)(F)F)nn3S(=O)(=O)c3ccccc3)s2)c1. The molecule has 4 rings (SSSR count). The summed E-state index contributed by atoms with van der Waals surface area (Å²) in [5.41, 5.74) is -1.06. The highest BCUT2D eigenvalue weighted by molar-refractivity contribution is 7.90. The van der Waals surface area contributed by atoms with Crippen LogP contribution in [0.4, 0.5) is 13.2 Å². The maximum atomic E-state index is 13.4. The van der Waals surface area contributed by atoms with Crippen LogP contribution in [0.5, 0.6) is 0 Å². The largest absolute Gasteiger partial charge is 0.435 e. The van der Waals surface area contributed by atoms with Crippen molar-refractivity contribution in [2.75, 3.05) is 6.26 Å². The van der Waals surface area contributed by atoms with Crippen LogP contribution < -0.4 is 0 Å². The van der Waals surface area contributed by atoms with Gasteiger partial charge < -0.3 is 0 Å². The van der Waals surface area contributed by atoms with E-state index in [0.29, 0.717) is 20.6 Å². The summed E-state index contributed by atoms with van der Waals surface area (Å²) >= 11 is 1.02. The van der Waals surface area contributed by atoms with Gasteiger partial charge in [0.2, 0.25) is 0 Å². The standard InChI is InChI=1S/C21H15F3N2O4S3/c1-32(27,28)16-9-5-6-14(12-16)18-10-11-19(31-18)17-13-20(21(22,23)24)25-26(17)33(29,30)15-7-3-2-4-8-15/h2-13H,1H3. The third-order valence-corrected chi connectivity index (χ3v) is 8.51. The number of benzene rings is 2. The zero-order valence-corrected chi connectivity index (χ0v) is 19.3. The van der Waals surface area contributed by atoms with Crippen molar-refractivity contribution in [3.05, 3.63) is 78.5 Å². The average molecular weight is 513 g/mol. The summed E-state index contributed by atoms with van der Waals surface area (Å²) < 4.78 is 90.4. The Morgan fingerprint density at radius 3 is 2.09 bits per heavy atom. The van der Waals surface area contributed by atoms with E-state index in [2.05, 4.69) is 5.10 Å². The van der Waals surface area contributed by atoms with Crippen molar-refractivity contribution in [1.82, 2.24) is 9.19 Å². The molecule has 2 aromatic heterocycles. The van der Waals surface area contributed by atoms with E-state index in [4.69, 9.17) is 0 Å². The number of alkyl halides is 3. The first-order valence-electron chi connectivity index (χ1n) is 9.26. The number of nitrogens with zero attached hydrogens (tertiary/aromatic N) is 2. The monoisotopic (exact) mass is 512 g/mol. The van der Waals surface area contributed by atoms with E-state index >= 15 is 0 Å². The van der Waals surface area contributed by atoms with Gasteiger partial charge in [-0.1, -0.05) is 30.3 Å². The lowest BCUT2D eigenvalue weighted by Crippen LogP contribution is -2.17. The number of thiophene rings is 1. The van der Waals surface area contributed by atoms with Crippen molar-refractivity contribution in [2.24, 2.45) is 0 Å². The molecule has 2 heterocycles. The summed E-state index contributed by atoms with van der Waals surface area (Å²) in [4.78, 5) is 0.651. The van der Waals surface area contributed by atoms with Crippen LogP contribution in [0, 0.1) is 0 Å². The molecule has 0 amide bonds. The third kappa shape index (κ3) is 4.59. The Labute approximate surface area is 191 Å². The Morgan fingerprint density at radius 1 is 0.818 bits per heavy atom. The fourth-order valence-electron chi connectivity index (χ4n) is 3.06.